The molecule has 0 spiro atoms. The zero-order valence-electron chi connectivity index (χ0n) is 12.1. The number of rotatable bonds is 2. The van der Waals surface area contributed by atoms with Gasteiger partial charge in [0.25, 0.3) is 5.91 Å². The van der Waals surface area contributed by atoms with Crippen LogP contribution >= 0.6 is 0 Å². The number of nitrogens with one attached hydrogen (secondary N) is 2. The highest BCUT2D eigenvalue weighted by Gasteiger charge is 2.26. The van der Waals surface area contributed by atoms with Crippen molar-refractivity contribution < 1.29 is 4.79 Å². The summed E-state index contributed by atoms with van der Waals surface area (Å²) >= 11 is 0. The number of nitriles is 2. The molecule has 6 nitrogen and oxygen atoms in total. The first-order chi connectivity index (χ1) is 10.6. The van der Waals surface area contributed by atoms with Crippen LogP contribution in [0.2, 0.25) is 0 Å². The maximum absolute atomic E-state index is 12.1. The van der Waals surface area contributed by atoms with Gasteiger partial charge in [-0.05, 0) is 37.1 Å². The maximum atomic E-state index is 12.1. The fraction of sp³-hybridized carbons (Fsp3) is 0.125. The molecule has 0 bridgehead atoms. The summed E-state index contributed by atoms with van der Waals surface area (Å²) < 4.78 is 0. The lowest BCUT2D eigenvalue weighted by atomic mass is 9.96. The summed E-state index contributed by atoms with van der Waals surface area (Å²) in [6.07, 6.45) is 0. The van der Waals surface area contributed by atoms with E-state index in [9.17, 15) is 4.79 Å². The van der Waals surface area contributed by atoms with E-state index < -0.39 is 5.91 Å². The lowest BCUT2D eigenvalue weighted by Crippen LogP contribution is -2.37. The average Bonchev–Trinajstić information content (AvgIpc) is 2.54. The van der Waals surface area contributed by atoms with Gasteiger partial charge in [-0.15, -0.1) is 0 Å². The molecule has 0 fully saturated rings. The normalized spacial score (nSPS) is 15.9. The molecule has 1 aromatic carbocycles. The van der Waals surface area contributed by atoms with E-state index in [4.69, 9.17) is 10.5 Å². The second-order valence-electron chi connectivity index (χ2n) is 4.62. The summed E-state index contributed by atoms with van der Waals surface area (Å²) in [4.78, 5) is 12.1. The lowest BCUT2D eigenvalue weighted by Gasteiger charge is -2.20. The number of carbonyl (C=O) groups is 1. The summed E-state index contributed by atoms with van der Waals surface area (Å²) in [5.74, 6) is -0.454. The average molecular weight is 291 g/mol. The molecule has 0 unspecified atom stereocenters. The molecule has 2 rings (SSSR count). The highest BCUT2D eigenvalue weighted by molar-refractivity contribution is 6.46. The number of benzene rings is 1. The van der Waals surface area contributed by atoms with Crippen molar-refractivity contribution in [3.05, 3.63) is 52.7 Å². The van der Waals surface area contributed by atoms with Gasteiger partial charge in [-0.3, -0.25) is 10.2 Å². The van der Waals surface area contributed by atoms with E-state index in [1.54, 1.807) is 26.0 Å². The number of carbonyl (C=O) groups excluding carboxylic acids is 1. The minimum absolute atomic E-state index is 0.125. The Labute approximate surface area is 128 Å². The lowest BCUT2D eigenvalue weighted by molar-refractivity contribution is -0.114. The Morgan fingerprint density at radius 2 is 1.77 bits per heavy atom. The predicted octanol–water partition coefficient (Wildman–Crippen LogP) is 2.22. The van der Waals surface area contributed by atoms with Gasteiger partial charge >= 0.3 is 0 Å². The van der Waals surface area contributed by atoms with Gasteiger partial charge < -0.3 is 5.32 Å². The van der Waals surface area contributed by atoms with Crippen LogP contribution in [0.4, 0.5) is 5.69 Å². The van der Waals surface area contributed by atoms with Crippen LogP contribution in [0.15, 0.2) is 57.8 Å². The first-order valence-corrected chi connectivity index (χ1v) is 6.51. The second-order valence-corrected chi connectivity index (χ2v) is 4.62. The van der Waals surface area contributed by atoms with E-state index in [2.05, 4.69) is 15.8 Å². The highest BCUT2D eigenvalue weighted by Crippen LogP contribution is 2.21. The minimum Gasteiger partial charge on any atom is -0.319 e. The molecule has 1 heterocycles. The molecule has 1 aliphatic heterocycles. The fourth-order valence-electron chi connectivity index (χ4n) is 1.96. The summed E-state index contributed by atoms with van der Waals surface area (Å²) in [7, 11) is 0. The molecule has 0 aromatic heterocycles. The van der Waals surface area contributed by atoms with Gasteiger partial charge in [0.15, 0.2) is 11.3 Å². The van der Waals surface area contributed by atoms with E-state index in [0.717, 1.165) is 5.69 Å². The third-order valence-corrected chi connectivity index (χ3v) is 3.29. The van der Waals surface area contributed by atoms with Crippen molar-refractivity contribution in [3.63, 3.8) is 0 Å². The van der Waals surface area contributed by atoms with Crippen LogP contribution in [0.25, 0.3) is 0 Å². The van der Waals surface area contributed by atoms with Gasteiger partial charge in [0, 0.05) is 0 Å². The van der Waals surface area contributed by atoms with Crippen molar-refractivity contribution >= 4 is 17.3 Å². The molecule has 1 aromatic rings. The Morgan fingerprint density at radius 3 is 2.36 bits per heavy atom. The number of amides is 1. The van der Waals surface area contributed by atoms with Crippen molar-refractivity contribution in [2.45, 2.75) is 13.8 Å². The smallest absolute Gasteiger partial charge is 0.276 e. The quantitative estimate of drug-likeness (QED) is 0.644. The molecule has 0 saturated heterocycles. The zero-order chi connectivity index (χ0) is 16.1. The minimum atomic E-state index is -0.454. The number of anilines is 1. The Kier molecular flexibility index (Phi) is 4.36. The number of hydrogen-bond acceptors (Lipinski definition) is 5. The van der Waals surface area contributed by atoms with Crippen LogP contribution in [0.3, 0.4) is 0 Å². The number of nitrogens with zero attached hydrogens (tertiary/aromatic N) is 3. The molecule has 0 aliphatic carbocycles. The molecule has 108 valence electrons. The van der Waals surface area contributed by atoms with Crippen LogP contribution in [0, 0.1) is 22.7 Å². The van der Waals surface area contributed by atoms with Crippen LogP contribution in [-0.2, 0) is 4.79 Å². The fourth-order valence-corrected chi connectivity index (χ4v) is 1.96. The first kappa shape index (κ1) is 15.0. The van der Waals surface area contributed by atoms with Crippen LogP contribution < -0.4 is 10.7 Å². The maximum Gasteiger partial charge on any atom is 0.276 e. The molecular weight excluding hydrogens is 278 g/mol. The SMILES string of the molecule is CC1=C(C)/C(=N/Nc2ccccc2)C(=O)NC1=C(C#N)C#N. The standard InChI is InChI=1S/C16H13N5O/c1-10-11(2)15(21-20-13-6-4-3-5-7-13)16(22)19-14(10)12(8-17)9-18/h3-7,20H,1-2H3,(H,19,22)/b21-15-. The Bertz CT molecular complexity index is 772. The highest BCUT2D eigenvalue weighted by atomic mass is 16.2. The molecular formula is C16H13N5O. The first-order valence-electron chi connectivity index (χ1n) is 6.51. The van der Waals surface area contributed by atoms with Crippen molar-refractivity contribution in [2.24, 2.45) is 5.10 Å². The zero-order valence-corrected chi connectivity index (χ0v) is 12.1. The van der Waals surface area contributed by atoms with Crippen molar-refractivity contribution in [1.82, 2.24) is 5.32 Å². The van der Waals surface area contributed by atoms with Gasteiger partial charge in [0.05, 0.1) is 11.4 Å². The van der Waals surface area contributed by atoms with Gasteiger partial charge in [0.2, 0.25) is 0 Å². The van der Waals surface area contributed by atoms with Crippen molar-refractivity contribution in [3.8, 4) is 12.1 Å². The number of allylic oxidation sites excluding steroid dienone is 2. The van der Waals surface area contributed by atoms with Crippen LogP contribution in [0.1, 0.15) is 13.8 Å². The third kappa shape index (κ3) is 2.87. The summed E-state index contributed by atoms with van der Waals surface area (Å²) in [6.45, 7) is 3.46. The summed E-state index contributed by atoms with van der Waals surface area (Å²) in [5, 5.41) is 24.6. The monoisotopic (exact) mass is 291 g/mol. The van der Waals surface area contributed by atoms with E-state index in [1.165, 1.54) is 0 Å². The molecule has 1 amide bonds. The molecule has 2 N–H and O–H groups in total. The number of hydrogen-bond donors (Lipinski definition) is 2. The van der Waals surface area contributed by atoms with Crippen molar-refractivity contribution in [1.29, 1.82) is 10.5 Å². The van der Waals surface area contributed by atoms with E-state index >= 15 is 0 Å². The Hall–Kier alpha value is -3.38. The molecule has 1 aliphatic rings. The Balaban J connectivity index is 2.41. The number of para-hydroxylation sites is 1. The van der Waals surface area contributed by atoms with Crippen molar-refractivity contribution in [2.75, 3.05) is 5.43 Å². The number of hydrazone groups is 1. The molecule has 0 atom stereocenters. The Morgan fingerprint density at radius 1 is 1.14 bits per heavy atom. The third-order valence-electron chi connectivity index (χ3n) is 3.29. The van der Waals surface area contributed by atoms with Gasteiger partial charge in [-0.2, -0.15) is 15.6 Å². The second kappa shape index (κ2) is 6.38. The van der Waals surface area contributed by atoms with E-state index in [1.807, 2.05) is 30.3 Å². The summed E-state index contributed by atoms with van der Waals surface area (Å²) in [6, 6.07) is 12.8. The predicted molar refractivity (Wildman–Crippen MR) is 82.3 cm³/mol. The molecule has 0 saturated carbocycles. The van der Waals surface area contributed by atoms with Gasteiger partial charge in [-0.1, -0.05) is 18.2 Å². The summed E-state index contributed by atoms with van der Waals surface area (Å²) in [5.41, 5.74) is 5.17. The molecule has 22 heavy (non-hydrogen) atoms. The van der Waals surface area contributed by atoms with Gasteiger partial charge in [0.1, 0.15) is 12.1 Å². The van der Waals surface area contributed by atoms with Gasteiger partial charge in [-0.25, -0.2) is 0 Å². The van der Waals surface area contributed by atoms with E-state index in [-0.39, 0.29) is 17.0 Å². The molecule has 6 heteroatoms. The van der Waals surface area contributed by atoms with Crippen LogP contribution in [-0.4, -0.2) is 11.6 Å². The molecule has 0 radical (unpaired) electrons. The largest absolute Gasteiger partial charge is 0.319 e. The van der Waals surface area contributed by atoms with E-state index in [0.29, 0.717) is 11.1 Å². The van der Waals surface area contributed by atoms with Crippen LogP contribution in [0.5, 0.6) is 0 Å². The topological polar surface area (TPSA) is 101 Å².